The van der Waals surface area contributed by atoms with Gasteiger partial charge in [0.05, 0.1) is 24.8 Å². The highest BCUT2D eigenvalue weighted by Gasteiger charge is 2.09. The molecule has 114 valence electrons. The molecular weight excluding hydrogens is 282 g/mol. The molecule has 2 aromatic rings. The third-order valence-electron chi connectivity index (χ3n) is 3.20. The van der Waals surface area contributed by atoms with E-state index in [9.17, 15) is 10.1 Å². The van der Waals surface area contributed by atoms with E-state index < -0.39 is 4.92 Å². The molecule has 0 saturated carbocycles. The van der Waals surface area contributed by atoms with Crippen molar-refractivity contribution in [3.05, 3.63) is 69.3 Å². The number of hydrogen-bond donors (Lipinski definition) is 1. The number of methoxy groups -OCH3 is 1. The molecule has 0 heterocycles. The second-order valence-corrected chi connectivity index (χ2v) is 4.71. The number of para-hydroxylation sites is 1. The highest BCUT2D eigenvalue weighted by Crippen LogP contribution is 2.18. The summed E-state index contributed by atoms with van der Waals surface area (Å²) in [7, 11) is 1.62. The van der Waals surface area contributed by atoms with Gasteiger partial charge >= 0.3 is 0 Å². The lowest BCUT2D eigenvalue weighted by molar-refractivity contribution is -0.385. The highest BCUT2D eigenvalue weighted by atomic mass is 16.6. The normalized spacial score (nSPS) is 10.6. The van der Waals surface area contributed by atoms with Crippen LogP contribution in [0.25, 0.3) is 0 Å². The summed E-state index contributed by atoms with van der Waals surface area (Å²) in [6.07, 6.45) is 1.56. The summed E-state index contributed by atoms with van der Waals surface area (Å²) in [5, 5.41) is 15.0. The number of aryl methyl sites for hydroxylation is 1. The fourth-order valence-electron chi connectivity index (χ4n) is 2.00. The summed E-state index contributed by atoms with van der Waals surface area (Å²) in [6, 6.07) is 12.6. The molecule has 0 aromatic heterocycles. The number of nitrogens with zero attached hydrogens (tertiary/aromatic N) is 2. The minimum atomic E-state index is -0.394. The highest BCUT2D eigenvalue weighted by molar-refractivity contribution is 5.80. The van der Waals surface area contributed by atoms with Gasteiger partial charge in [-0.25, -0.2) is 0 Å². The molecule has 0 saturated heterocycles. The molecule has 0 aliphatic carbocycles. The molecule has 0 amide bonds. The fourth-order valence-corrected chi connectivity index (χ4v) is 2.00. The number of nitro benzene ring substituents is 1. The van der Waals surface area contributed by atoms with Crippen molar-refractivity contribution in [3.63, 3.8) is 0 Å². The number of ether oxygens (including phenoxy) is 1. The minimum absolute atomic E-state index is 0.0914. The van der Waals surface area contributed by atoms with Gasteiger partial charge in [-0.15, -0.1) is 0 Å². The van der Waals surface area contributed by atoms with Crippen LogP contribution >= 0.6 is 0 Å². The summed E-state index contributed by atoms with van der Waals surface area (Å²) in [5.74, 6) is 0.788. The number of benzene rings is 2. The molecular formula is C16H17N3O3. The summed E-state index contributed by atoms with van der Waals surface area (Å²) in [5.41, 5.74) is 5.28. The van der Waals surface area contributed by atoms with Crippen molar-refractivity contribution in [2.24, 2.45) is 5.10 Å². The number of rotatable bonds is 6. The zero-order valence-corrected chi connectivity index (χ0v) is 12.4. The quantitative estimate of drug-likeness (QED) is 0.505. The Kier molecular flexibility index (Phi) is 5.08. The van der Waals surface area contributed by atoms with Crippen LogP contribution in [0.3, 0.4) is 0 Å². The molecule has 2 rings (SSSR count). The molecule has 6 nitrogen and oxygen atoms in total. The van der Waals surface area contributed by atoms with Crippen molar-refractivity contribution in [2.75, 3.05) is 7.11 Å². The van der Waals surface area contributed by atoms with Gasteiger partial charge in [-0.1, -0.05) is 30.3 Å². The Morgan fingerprint density at radius 3 is 2.82 bits per heavy atom. The lowest BCUT2D eigenvalue weighted by Gasteiger charge is -2.07. The predicted molar refractivity (Wildman–Crippen MR) is 85.3 cm³/mol. The lowest BCUT2D eigenvalue weighted by Crippen LogP contribution is -2.07. The molecule has 0 spiro atoms. The molecule has 6 heteroatoms. The molecule has 0 atom stereocenters. The van der Waals surface area contributed by atoms with Crippen molar-refractivity contribution >= 4 is 11.9 Å². The summed E-state index contributed by atoms with van der Waals surface area (Å²) in [4.78, 5) is 10.5. The average Bonchev–Trinajstić information content (AvgIpc) is 2.53. The van der Waals surface area contributed by atoms with E-state index in [1.54, 1.807) is 32.4 Å². The maximum absolute atomic E-state index is 10.9. The first-order valence-electron chi connectivity index (χ1n) is 6.74. The topological polar surface area (TPSA) is 76.8 Å². The van der Waals surface area contributed by atoms with E-state index >= 15 is 0 Å². The van der Waals surface area contributed by atoms with Gasteiger partial charge in [0.2, 0.25) is 0 Å². The largest absolute Gasteiger partial charge is 0.496 e. The molecule has 0 bridgehead atoms. The van der Waals surface area contributed by atoms with Crippen LogP contribution in [0.2, 0.25) is 0 Å². The Balaban J connectivity index is 2.01. The van der Waals surface area contributed by atoms with Gasteiger partial charge in [0.1, 0.15) is 5.75 Å². The van der Waals surface area contributed by atoms with Crippen LogP contribution in [0.15, 0.2) is 47.6 Å². The molecule has 22 heavy (non-hydrogen) atoms. The molecule has 0 unspecified atom stereocenters. The molecule has 2 aromatic carbocycles. The SMILES string of the molecule is COc1ccccc1CN/N=C\c1ccc(C)c([N+](=O)[O-])c1. The molecule has 1 N–H and O–H groups in total. The van der Waals surface area contributed by atoms with Crippen LogP contribution in [-0.2, 0) is 6.54 Å². The Labute approximate surface area is 128 Å². The number of nitrogens with one attached hydrogen (secondary N) is 1. The molecule has 0 radical (unpaired) electrons. The first kappa shape index (κ1) is 15.5. The van der Waals surface area contributed by atoms with E-state index in [0.717, 1.165) is 11.3 Å². The molecule has 0 aliphatic rings. The summed E-state index contributed by atoms with van der Waals surface area (Å²) in [6.45, 7) is 2.22. The zero-order valence-electron chi connectivity index (χ0n) is 12.4. The second kappa shape index (κ2) is 7.21. The summed E-state index contributed by atoms with van der Waals surface area (Å²) < 4.78 is 5.25. The van der Waals surface area contributed by atoms with Crippen molar-refractivity contribution in [3.8, 4) is 5.75 Å². The monoisotopic (exact) mass is 299 g/mol. The smallest absolute Gasteiger partial charge is 0.272 e. The van der Waals surface area contributed by atoms with Gasteiger partial charge in [0.25, 0.3) is 5.69 Å². The van der Waals surface area contributed by atoms with E-state index in [1.165, 1.54) is 6.07 Å². The minimum Gasteiger partial charge on any atom is -0.496 e. The third-order valence-corrected chi connectivity index (χ3v) is 3.20. The number of nitro groups is 1. The average molecular weight is 299 g/mol. The van der Waals surface area contributed by atoms with E-state index in [-0.39, 0.29) is 5.69 Å². The van der Waals surface area contributed by atoms with Gasteiger partial charge in [0.15, 0.2) is 0 Å². The van der Waals surface area contributed by atoms with Crippen LogP contribution in [0.1, 0.15) is 16.7 Å². The fraction of sp³-hybridized carbons (Fsp3) is 0.188. The van der Waals surface area contributed by atoms with E-state index in [4.69, 9.17) is 4.74 Å². The Morgan fingerprint density at radius 1 is 1.32 bits per heavy atom. The standard InChI is InChI=1S/C16H17N3O3/c1-12-7-8-13(9-15(12)19(20)21)10-17-18-11-14-5-3-4-6-16(14)22-2/h3-10,18H,11H2,1-2H3/b17-10-. The third kappa shape index (κ3) is 3.82. The van der Waals surface area contributed by atoms with Crippen LogP contribution < -0.4 is 10.2 Å². The van der Waals surface area contributed by atoms with Crippen molar-refractivity contribution in [2.45, 2.75) is 13.5 Å². The first-order valence-corrected chi connectivity index (χ1v) is 6.74. The summed E-state index contributed by atoms with van der Waals surface area (Å²) >= 11 is 0. The number of hydrazone groups is 1. The van der Waals surface area contributed by atoms with E-state index in [0.29, 0.717) is 17.7 Å². The zero-order chi connectivity index (χ0) is 15.9. The van der Waals surface area contributed by atoms with Crippen molar-refractivity contribution in [1.82, 2.24) is 5.43 Å². The van der Waals surface area contributed by atoms with E-state index in [2.05, 4.69) is 10.5 Å². The molecule has 0 fully saturated rings. The van der Waals surface area contributed by atoms with Gasteiger partial charge in [-0.2, -0.15) is 5.10 Å². The van der Waals surface area contributed by atoms with Gasteiger partial charge < -0.3 is 10.2 Å². The molecule has 0 aliphatic heterocycles. The Hall–Kier alpha value is -2.89. The Morgan fingerprint density at radius 2 is 2.09 bits per heavy atom. The predicted octanol–water partition coefficient (Wildman–Crippen LogP) is 3.04. The number of hydrogen-bond acceptors (Lipinski definition) is 5. The first-order chi connectivity index (χ1) is 10.6. The second-order valence-electron chi connectivity index (χ2n) is 4.71. The van der Waals surface area contributed by atoms with Crippen LogP contribution in [0.4, 0.5) is 5.69 Å². The van der Waals surface area contributed by atoms with Crippen LogP contribution in [0.5, 0.6) is 5.75 Å². The van der Waals surface area contributed by atoms with Gasteiger partial charge in [-0.3, -0.25) is 10.1 Å². The maximum atomic E-state index is 10.9. The van der Waals surface area contributed by atoms with Gasteiger partial charge in [0, 0.05) is 22.8 Å². The van der Waals surface area contributed by atoms with Gasteiger partial charge in [-0.05, 0) is 13.0 Å². The van der Waals surface area contributed by atoms with Crippen molar-refractivity contribution < 1.29 is 9.66 Å². The van der Waals surface area contributed by atoms with Crippen LogP contribution in [-0.4, -0.2) is 18.2 Å². The van der Waals surface area contributed by atoms with Crippen LogP contribution in [0, 0.1) is 17.0 Å². The lowest BCUT2D eigenvalue weighted by atomic mass is 10.1. The van der Waals surface area contributed by atoms with E-state index in [1.807, 2.05) is 24.3 Å². The van der Waals surface area contributed by atoms with Crippen molar-refractivity contribution in [1.29, 1.82) is 0 Å². The maximum Gasteiger partial charge on any atom is 0.272 e. The Bertz CT molecular complexity index is 699.